The van der Waals surface area contributed by atoms with Crippen molar-refractivity contribution in [1.82, 2.24) is 4.31 Å². The highest BCUT2D eigenvalue weighted by atomic mass is 32.2. The van der Waals surface area contributed by atoms with E-state index < -0.39 is 28.4 Å². The molecular formula is C19H20N2O4S. The van der Waals surface area contributed by atoms with Crippen molar-refractivity contribution in [1.29, 1.82) is 0 Å². The number of aryl methyl sites for hydroxylation is 1. The monoisotopic (exact) mass is 372 g/mol. The third-order valence-electron chi connectivity index (χ3n) is 4.26. The number of nitrogens with one attached hydrogen (secondary N) is 1. The molecule has 0 fully saturated rings. The van der Waals surface area contributed by atoms with Crippen LogP contribution in [0.1, 0.15) is 35.7 Å². The Kier molecular flexibility index (Phi) is 5.08. The van der Waals surface area contributed by atoms with Crippen molar-refractivity contribution in [2.75, 3.05) is 11.9 Å². The molecule has 0 atom stereocenters. The fraction of sp³-hybridized carbons (Fsp3) is 0.263. The lowest BCUT2D eigenvalue weighted by Gasteiger charge is -2.15. The summed E-state index contributed by atoms with van der Waals surface area (Å²) in [5.74, 6) is -1.23. The molecule has 0 aromatic heterocycles. The first-order chi connectivity index (χ1) is 12.4. The topological polar surface area (TPSA) is 83.6 Å². The molecule has 1 aliphatic rings. The molecule has 2 amide bonds. The zero-order chi connectivity index (χ0) is 18.7. The number of anilines is 1. The Bertz CT molecular complexity index is 936. The van der Waals surface area contributed by atoms with E-state index in [1.807, 2.05) is 12.1 Å². The lowest BCUT2D eigenvalue weighted by Crippen LogP contribution is -2.37. The molecular weight excluding hydrogens is 352 g/mol. The average Bonchev–Trinajstić information content (AvgIpc) is 2.82. The predicted molar refractivity (Wildman–Crippen MR) is 98.3 cm³/mol. The molecule has 0 unspecified atom stereocenters. The Morgan fingerprint density at radius 2 is 1.77 bits per heavy atom. The number of rotatable bonds is 6. The lowest BCUT2D eigenvalue weighted by atomic mass is 10.1. The van der Waals surface area contributed by atoms with Gasteiger partial charge in [0.2, 0.25) is 5.91 Å². The number of hydrogen-bond acceptors (Lipinski definition) is 4. The molecule has 1 heterocycles. The van der Waals surface area contributed by atoms with Gasteiger partial charge in [-0.3, -0.25) is 9.59 Å². The van der Waals surface area contributed by atoms with Crippen LogP contribution in [-0.4, -0.2) is 31.1 Å². The lowest BCUT2D eigenvalue weighted by molar-refractivity contribution is -0.116. The Labute approximate surface area is 152 Å². The standard InChI is InChI=1S/C19H20N2O4S/c1-2-3-6-14-9-11-15(12-10-14)20-18(22)13-21-19(23)16-7-4-5-8-17(16)26(21,24)25/h4-5,7-12H,2-3,6,13H2,1H3,(H,20,22). The largest absolute Gasteiger partial charge is 0.325 e. The van der Waals surface area contributed by atoms with Crippen LogP contribution in [0.3, 0.4) is 0 Å². The Balaban J connectivity index is 1.68. The fourth-order valence-corrected chi connectivity index (χ4v) is 4.38. The molecule has 0 bridgehead atoms. The number of fused-ring (bicyclic) bond motifs is 1. The van der Waals surface area contributed by atoms with Crippen LogP contribution in [0.2, 0.25) is 0 Å². The molecule has 0 radical (unpaired) electrons. The molecule has 26 heavy (non-hydrogen) atoms. The molecule has 0 spiro atoms. The zero-order valence-corrected chi connectivity index (χ0v) is 15.3. The van der Waals surface area contributed by atoms with E-state index >= 15 is 0 Å². The van der Waals surface area contributed by atoms with E-state index in [4.69, 9.17) is 0 Å². The minimum absolute atomic E-state index is 0.0573. The number of sulfonamides is 1. The summed E-state index contributed by atoms with van der Waals surface area (Å²) in [5.41, 5.74) is 1.84. The van der Waals surface area contributed by atoms with Gasteiger partial charge in [-0.2, -0.15) is 0 Å². The Hall–Kier alpha value is -2.67. The van der Waals surface area contributed by atoms with Crippen molar-refractivity contribution in [2.24, 2.45) is 0 Å². The van der Waals surface area contributed by atoms with E-state index in [2.05, 4.69) is 12.2 Å². The van der Waals surface area contributed by atoms with E-state index in [9.17, 15) is 18.0 Å². The summed E-state index contributed by atoms with van der Waals surface area (Å²) in [7, 11) is -3.98. The number of amides is 2. The van der Waals surface area contributed by atoms with E-state index in [0.29, 0.717) is 9.99 Å². The van der Waals surface area contributed by atoms with E-state index in [1.54, 1.807) is 24.3 Å². The summed E-state index contributed by atoms with van der Waals surface area (Å²) in [6.45, 7) is 1.58. The summed E-state index contributed by atoms with van der Waals surface area (Å²) in [4.78, 5) is 24.5. The van der Waals surface area contributed by atoms with Gasteiger partial charge in [-0.15, -0.1) is 0 Å². The van der Waals surface area contributed by atoms with Gasteiger partial charge in [-0.1, -0.05) is 37.6 Å². The molecule has 2 aromatic rings. The van der Waals surface area contributed by atoms with Gasteiger partial charge in [0.05, 0.1) is 5.56 Å². The van der Waals surface area contributed by atoms with Gasteiger partial charge >= 0.3 is 0 Å². The molecule has 7 heteroatoms. The van der Waals surface area contributed by atoms with Crippen molar-refractivity contribution in [3.63, 3.8) is 0 Å². The number of nitrogens with zero attached hydrogens (tertiary/aromatic N) is 1. The van der Waals surface area contributed by atoms with Crippen LogP contribution in [0, 0.1) is 0 Å². The van der Waals surface area contributed by atoms with Crippen molar-refractivity contribution < 1.29 is 18.0 Å². The smallest absolute Gasteiger partial charge is 0.269 e. The fourth-order valence-electron chi connectivity index (χ4n) is 2.85. The van der Waals surface area contributed by atoms with E-state index in [-0.39, 0.29) is 10.5 Å². The average molecular weight is 372 g/mol. The molecule has 1 N–H and O–H groups in total. The number of carbonyl (C=O) groups excluding carboxylic acids is 2. The highest BCUT2D eigenvalue weighted by Gasteiger charge is 2.41. The van der Waals surface area contributed by atoms with Crippen LogP contribution in [0.15, 0.2) is 53.4 Å². The second-order valence-corrected chi connectivity index (χ2v) is 7.99. The molecule has 2 aromatic carbocycles. The number of hydrogen-bond donors (Lipinski definition) is 1. The van der Waals surface area contributed by atoms with Crippen LogP contribution in [0.5, 0.6) is 0 Å². The highest BCUT2D eigenvalue weighted by Crippen LogP contribution is 2.29. The molecule has 0 saturated heterocycles. The first-order valence-corrected chi connectivity index (χ1v) is 9.92. The second-order valence-electron chi connectivity index (χ2n) is 6.16. The van der Waals surface area contributed by atoms with Gasteiger partial charge in [-0.25, -0.2) is 12.7 Å². The minimum atomic E-state index is -3.98. The molecule has 3 rings (SSSR count). The van der Waals surface area contributed by atoms with Gasteiger partial charge in [-0.05, 0) is 42.7 Å². The maximum Gasteiger partial charge on any atom is 0.269 e. The summed E-state index contributed by atoms with van der Waals surface area (Å²) in [6.07, 6.45) is 3.18. The summed E-state index contributed by atoms with van der Waals surface area (Å²) in [6, 6.07) is 13.4. The number of unbranched alkanes of at least 4 members (excludes halogenated alkanes) is 1. The third kappa shape index (κ3) is 3.48. The molecule has 136 valence electrons. The molecule has 0 aliphatic carbocycles. The SMILES string of the molecule is CCCCc1ccc(NC(=O)CN2C(=O)c3ccccc3S2(=O)=O)cc1. The third-order valence-corrected chi connectivity index (χ3v) is 6.04. The zero-order valence-electron chi connectivity index (χ0n) is 14.4. The van der Waals surface area contributed by atoms with Crippen LogP contribution >= 0.6 is 0 Å². The normalized spacial score (nSPS) is 15.0. The van der Waals surface area contributed by atoms with Gasteiger partial charge < -0.3 is 5.32 Å². The summed E-state index contributed by atoms with van der Waals surface area (Å²) in [5, 5.41) is 2.64. The Morgan fingerprint density at radius 1 is 1.08 bits per heavy atom. The highest BCUT2D eigenvalue weighted by molar-refractivity contribution is 7.90. The number of carbonyl (C=O) groups is 2. The summed E-state index contributed by atoms with van der Waals surface area (Å²) >= 11 is 0. The first kappa shape index (κ1) is 18.1. The van der Waals surface area contributed by atoms with Crippen LogP contribution in [-0.2, 0) is 21.2 Å². The van der Waals surface area contributed by atoms with E-state index in [0.717, 1.165) is 19.3 Å². The van der Waals surface area contributed by atoms with Crippen molar-refractivity contribution in [2.45, 2.75) is 31.1 Å². The van der Waals surface area contributed by atoms with E-state index in [1.165, 1.54) is 17.7 Å². The van der Waals surface area contributed by atoms with Gasteiger partial charge in [0.1, 0.15) is 11.4 Å². The molecule has 0 saturated carbocycles. The maximum atomic E-state index is 12.5. The molecule has 1 aliphatic heterocycles. The quantitative estimate of drug-likeness (QED) is 0.845. The molecule has 6 nitrogen and oxygen atoms in total. The Morgan fingerprint density at radius 3 is 2.42 bits per heavy atom. The van der Waals surface area contributed by atoms with Gasteiger partial charge in [0.15, 0.2) is 0 Å². The second kappa shape index (κ2) is 7.29. The van der Waals surface area contributed by atoms with Crippen molar-refractivity contribution in [3.8, 4) is 0 Å². The van der Waals surface area contributed by atoms with Crippen LogP contribution < -0.4 is 5.32 Å². The van der Waals surface area contributed by atoms with Crippen molar-refractivity contribution in [3.05, 3.63) is 59.7 Å². The summed E-state index contributed by atoms with van der Waals surface area (Å²) < 4.78 is 25.5. The van der Waals surface area contributed by atoms with Gasteiger partial charge in [0.25, 0.3) is 15.9 Å². The van der Waals surface area contributed by atoms with Crippen molar-refractivity contribution >= 4 is 27.5 Å². The van der Waals surface area contributed by atoms with Gasteiger partial charge in [0, 0.05) is 5.69 Å². The number of benzene rings is 2. The first-order valence-electron chi connectivity index (χ1n) is 8.48. The predicted octanol–water partition coefficient (Wildman–Crippen LogP) is 2.81. The van der Waals surface area contributed by atoms with Crippen LogP contribution in [0.25, 0.3) is 0 Å². The maximum absolute atomic E-state index is 12.5. The van der Waals surface area contributed by atoms with Crippen LogP contribution in [0.4, 0.5) is 5.69 Å². The minimum Gasteiger partial charge on any atom is -0.325 e.